The average molecular weight is 303 g/mol. The molecule has 2 aromatic rings. The Hall–Kier alpha value is -1.32. The lowest BCUT2D eigenvalue weighted by atomic mass is 10.1. The van der Waals surface area contributed by atoms with Crippen LogP contribution >= 0.6 is 11.8 Å². The molecule has 0 saturated heterocycles. The maximum absolute atomic E-state index is 13.7. The van der Waals surface area contributed by atoms with E-state index in [1.807, 2.05) is 12.1 Å². The second-order valence-corrected chi connectivity index (χ2v) is 6.01. The first-order chi connectivity index (χ1) is 10.2. The van der Waals surface area contributed by atoms with Crippen LogP contribution in [0.4, 0.5) is 4.39 Å². The third kappa shape index (κ3) is 4.58. The van der Waals surface area contributed by atoms with Crippen molar-refractivity contribution >= 4 is 11.8 Å². The maximum atomic E-state index is 13.7. The fourth-order valence-corrected chi connectivity index (χ4v) is 3.28. The smallest absolute Gasteiger partial charge is 0.136 e. The van der Waals surface area contributed by atoms with Crippen LogP contribution in [0.5, 0.6) is 0 Å². The van der Waals surface area contributed by atoms with Crippen molar-refractivity contribution < 1.29 is 4.39 Å². The van der Waals surface area contributed by atoms with Gasteiger partial charge >= 0.3 is 0 Å². The third-order valence-corrected chi connectivity index (χ3v) is 4.63. The van der Waals surface area contributed by atoms with Crippen LogP contribution in [0.25, 0.3) is 0 Å². The van der Waals surface area contributed by atoms with Crippen LogP contribution in [0.3, 0.4) is 0 Å². The summed E-state index contributed by atoms with van der Waals surface area (Å²) in [6.45, 7) is 5.16. The molecule has 21 heavy (non-hydrogen) atoms. The summed E-state index contributed by atoms with van der Waals surface area (Å²) in [5, 5.41) is 3.48. The van der Waals surface area contributed by atoms with Gasteiger partial charge in [0, 0.05) is 16.7 Å². The van der Waals surface area contributed by atoms with Gasteiger partial charge in [0.2, 0.25) is 0 Å². The lowest BCUT2D eigenvalue weighted by molar-refractivity contribution is 0.595. The predicted molar refractivity (Wildman–Crippen MR) is 89.4 cm³/mol. The molecular formula is C18H22FNS. The van der Waals surface area contributed by atoms with Crippen molar-refractivity contribution in [3.63, 3.8) is 0 Å². The Labute approximate surface area is 131 Å². The fraction of sp³-hybridized carbons (Fsp3) is 0.333. The number of thioether (sulfide) groups is 1. The highest BCUT2D eigenvalue weighted by atomic mass is 32.2. The van der Waals surface area contributed by atoms with Gasteiger partial charge in [0.25, 0.3) is 0 Å². The number of benzene rings is 2. The van der Waals surface area contributed by atoms with E-state index in [0.717, 1.165) is 18.7 Å². The van der Waals surface area contributed by atoms with Crippen molar-refractivity contribution in [1.29, 1.82) is 0 Å². The van der Waals surface area contributed by atoms with Crippen molar-refractivity contribution in [2.45, 2.75) is 31.2 Å². The van der Waals surface area contributed by atoms with Gasteiger partial charge in [-0.2, -0.15) is 0 Å². The first-order valence-electron chi connectivity index (χ1n) is 7.44. The number of aryl methyl sites for hydroxylation is 1. The molecule has 1 N–H and O–H groups in total. The molecule has 0 aromatic heterocycles. The van der Waals surface area contributed by atoms with Gasteiger partial charge in [0.1, 0.15) is 5.82 Å². The maximum Gasteiger partial charge on any atom is 0.136 e. The van der Waals surface area contributed by atoms with E-state index in [9.17, 15) is 4.39 Å². The molecule has 0 saturated carbocycles. The summed E-state index contributed by atoms with van der Waals surface area (Å²) in [5.74, 6) is 0.680. The number of halogens is 1. The van der Waals surface area contributed by atoms with Crippen LogP contribution in [0.15, 0.2) is 53.4 Å². The van der Waals surface area contributed by atoms with Crippen molar-refractivity contribution in [2.75, 3.05) is 12.3 Å². The van der Waals surface area contributed by atoms with E-state index in [1.54, 1.807) is 17.8 Å². The Bertz CT molecular complexity index is 553. The molecule has 0 bridgehead atoms. The van der Waals surface area contributed by atoms with Crippen LogP contribution in [0.2, 0.25) is 0 Å². The van der Waals surface area contributed by atoms with E-state index < -0.39 is 0 Å². The van der Waals surface area contributed by atoms with Gasteiger partial charge in [-0.25, -0.2) is 4.39 Å². The fourth-order valence-electron chi connectivity index (χ4n) is 2.24. The highest BCUT2D eigenvalue weighted by Crippen LogP contribution is 2.27. The summed E-state index contributed by atoms with van der Waals surface area (Å²) in [6.07, 6.45) is 1.05. The minimum Gasteiger partial charge on any atom is -0.309 e. The van der Waals surface area contributed by atoms with Crippen LogP contribution < -0.4 is 5.32 Å². The third-order valence-electron chi connectivity index (χ3n) is 3.48. The van der Waals surface area contributed by atoms with Crippen LogP contribution in [0, 0.1) is 5.82 Å². The standard InChI is InChI=1S/C18H22FNS/c1-3-14-9-11-15(12-10-14)17(20-4-2)13-21-18-8-6-5-7-16(18)19/h5-12,17,20H,3-4,13H2,1-2H3. The molecule has 1 unspecified atom stereocenters. The molecule has 0 aliphatic carbocycles. The first kappa shape index (κ1) is 16.1. The molecule has 1 nitrogen and oxygen atoms in total. The molecule has 0 spiro atoms. The summed E-state index contributed by atoms with van der Waals surface area (Å²) in [6, 6.07) is 15.9. The van der Waals surface area contributed by atoms with Gasteiger partial charge in [-0.1, -0.05) is 50.2 Å². The zero-order valence-corrected chi connectivity index (χ0v) is 13.4. The van der Waals surface area contributed by atoms with Gasteiger partial charge in [-0.15, -0.1) is 11.8 Å². The Morgan fingerprint density at radius 2 is 1.76 bits per heavy atom. The zero-order valence-electron chi connectivity index (χ0n) is 12.6. The first-order valence-corrected chi connectivity index (χ1v) is 8.42. The van der Waals surface area contributed by atoms with Crippen molar-refractivity contribution in [3.05, 3.63) is 65.5 Å². The zero-order chi connectivity index (χ0) is 15.1. The van der Waals surface area contributed by atoms with Gasteiger partial charge in [-0.3, -0.25) is 0 Å². The second kappa shape index (κ2) is 8.20. The number of rotatable bonds is 7. The minimum absolute atomic E-state index is 0.140. The Morgan fingerprint density at radius 3 is 2.38 bits per heavy atom. The average Bonchev–Trinajstić information content (AvgIpc) is 2.53. The molecule has 2 aromatic carbocycles. The Kier molecular flexibility index (Phi) is 6.27. The van der Waals surface area contributed by atoms with Gasteiger partial charge in [0.05, 0.1) is 0 Å². The number of nitrogens with one attached hydrogen (secondary N) is 1. The summed E-state index contributed by atoms with van der Waals surface area (Å²) in [4.78, 5) is 0.714. The Balaban J connectivity index is 2.06. The molecule has 3 heteroatoms. The molecular weight excluding hydrogens is 281 g/mol. The number of hydrogen-bond acceptors (Lipinski definition) is 2. The van der Waals surface area contributed by atoms with E-state index in [1.165, 1.54) is 17.2 Å². The molecule has 0 amide bonds. The SMILES string of the molecule is CCNC(CSc1ccccc1F)c1ccc(CC)cc1. The van der Waals surface area contributed by atoms with E-state index in [-0.39, 0.29) is 11.9 Å². The molecule has 0 aliphatic rings. The van der Waals surface area contributed by atoms with Crippen LogP contribution in [-0.2, 0) is 6.42 Å². The van der Waals surface area contributed by atoms with Crippen LogP contribution in [-0.4, -0.2) is 12.3 Å². The van der Waals surface area contributed by atoms with E-state index in [4.69, 9.17) is 0 Å². The van der Waals surface area contributed by atoms with Crippen LogP contribution in [0.1, 0.15) is 31.0 Å². The molecule has 0 heterocycles. The quantitative estimate of drug-likeness (QED) is 0.735. The topological polar surface area (TPSA) is 12.0 Å². The Morgan fingerprint density at radius 1 is 1.05 bits per heavy atom. The van der Waals surface area contributed by atoms with Gasteiger partial charge in [-0.05, 0) is 36.2 Å². The molecule has 0 aliphatic heterocycles. The van der Waals surface area contributed by atoms with E-state index in [0.29, 0.717) is 4.90 Å². The van der Waals surface area contributed by atoms with Gasteiger partial charge in [0.15, 0.2) is 0 Å². The number of hydrogen-bond donors (Lipinski definition) is 1. The van der Waals surface area contributed by atoms with Crippen molar-refractivity contribution in [1.82, 2.24) is 5.32 Å². The minimum atomic E-state index is -0.140. The lowest BCUT2D eigenvalue weighted by Crippen LogP contribution is -2.23. The van der Waals surface area contributed by atoms with Crippen molar-refractivity contribution in [3.8, 4) is 0 Å². The van der Waals surface area contributed by atoms with Gasteiger partial charge < -0.3 is 5.32 Å². The molecule has 112 valence electrons. The largest absolute Gasteiger partial charge is 0.309 e. The highest BCUT2D eigenvalue weighted by Gasteiger charge is 2.12. The molecule has 0 fully saturated rings. The summed E-state index contributed by atoms with van der Waals surface area (Å²) >= 11 is 1.56. The molecule has 1 atom stereocenters. The highest BCUT2D eigenvalue weighted by molar-refractivity contribution is 7.99. The summed E-state index contributed by atoms with van der Waals surface area (Å²) < 4.78 is 13.7. The molecule has 0 radical (unpaired) electrons. The summed E-state index contributed by atoms with van der Waals surface area (Å²) in [7, 11) is 0. The second-order valence-electron chi connectivity index (χ2n) is 4.95. The lowest BCUT2D eigenvalue weighted by Gasteiger charge is -2.18. The van der Waals surface area contributed by atoms with E-state index >= 15 is 0 Å². The molecule has 2 rings (SSSR count). The normalized spacial score (nSPS) is 12.3. The predicted octanol–water partition coefficient (Wildman–Crippen LogP) is 4.83. The van der Waals surface area contributed by atoms with Crippen molar-refractivity contribution in [2.24, 2.45) is 0 Å². The van der Waals surface area contributed by atoms with E-state index in [2.05, 4.69) is 43.4 Å². The monoisotopic (exact) mass is 303 g/mol. The summed E-state index contributed by atoms with van der Waals surface area (Å²) in [5.41, 5.74) is 2.61.